The lowest BCUT2D eigenvalue weighted by atomic mass is 9.91. The fourth-order valence-corrected chi connectivity index (χ4v) is 3.36. The number of rotatable bonds is 8. The number of benzene rings is 1. The summed E-state index contributed by atoms with van der Waals surface area (Å²) in [6, 6.07) is 9.20. The topological polar surface area (TPSA) is 9.23 Å². The Kier molecular flexibility index (Phi) is 7.29. The van der Waals surface area contributed by atoms with Crippen LogP contribution in [0, 0.1) is 5.92 Å². The van der Waals surface area contributed by atoms with E-state index >= 15 is 0 Å². The molecule has 1 aliphatic heterocycles. The monoisotopic (exact) mass is 288 g/mol. The molecular weight excluding hydrogens is 256 g/mol. The summed E-state index contributed by atoms with van der Waals surface area (Å²) in [7, 11) is 0. The van der Waals surface area contributed by atoms with E-state index in [0.29, 0.717) is 6.10 Å². The molecule has 0 aromatic heterocycles. The second-order valence-electron chi connectivity index (χ2n) is 6.61. The predicted molar refractivity (Wildman–Crippen MR) is 90.6 cm³/mol. The van der Waals surface area contributed by atoms with Crippen LogP contribution in [0.1, 0.15) is 82.4 Å². The smallest absolute Gasteiger partial charge is 0.0825 e. The molecule has 1 aromatic rings. The molecule has 2 rings (SSSR count). The molecule has 1 aliphatic rings. The van der Waals surface area contributed by atoms with Gasteiger partial charge >= 0.3 is 0 Å². The van der Waals surface area contributed by atoms with Crippen LogP contribution in [0.15, 0.2) is 24.3 Å². The van der Waals surface area contributed by atoms with Crippen LogP contribution in [-0.4, -0.2) is 6.61 Å². The maximum atomic E-state index is 6.08. The summed E-state index contributed by atoms with van der Waals surface area (Å²) < 4.78 is 6.08. The number of ether oxygens (including phenoxy) is 1. The molecule has 0 aliphatic carbocycles. The van der Waals surface area contributed by atoms with Crippen LogP contribution in [0.5, 0.6) is 0 Å². The van der Waals surface area contributed by atoms with Crippen LogP contribution in [0.4, 0.5) is 0 Å². The first-order chi connectivity index (χ1) is 10.3. The number of hydrogen-bond acceptors (Lipinski definition) is 1. The quantitative estimate of drug-likeness (QED) is 0.527. The highest BCUT2D eigenvalue weighted by Gasteiger charge is 2.22. The van der Waals surface area contributed by atoms with Crippen molar-refractivity contribution in [3.05, 3.63) is 35.4 Å². The van der Waals surface area contributed by atoms with Crippen molar-refractivity contribution in [2.75, 3.05) is 6.61 Å². The van der Waals surface area contributed by atoms with Crippen LogP contribution in [0.2, 0.25) is 0 Å². The predicted octanol–water partition coefficient (Wildman–Crippen LogP) is 6.08. The van der Waals surface area contributed by atoms with Crippen molar-refractivity contribution in [1.29, 1.82) is 0 Å². The average molecular weight is 288 g/mol. The zero-order valence-electron chi connectivity index (χ0n) is 13.9. The van der Waals surface area contributed by atoms with E-state index < -0.39 is 0 Å². The Morgan fingerprint density at radius 1 is 0.952 bits per heavy atom. The highest BCUT2D eigenvalue weighted by atomic mass is 16.5. The van der Waals surface area contributed by atoms with Gasteiger partial charge in [-0.25, -0.2) is 0 Å². The van der Waals surface area contributed by atoms with Gasteiger partial charge in [0.1, 0.15) is 0 Å². The van der Waals surface area contributed by atoms with Gasteiger partial charge in [0.15, 0.2) is 0 Å². The van der Waals surface area contributed by atoms with Crippen molar-refractivity contribution in [2.24, 2.45) is 5.92 Å². The van der Waals surface area contributed by atoms with E-state index in [4.69, 9.17) is 4.74 Å². The first-order valence-corrected chi connectivity index (χ1v) is 9.04. The minimum atomic E-state index is 0.340. The molecule has 1 heterocycles. The number of hydrogen-bond donors (Lipinski definition) is 0. The first kappa shape index (κ1) is 16.5. The van der Waals surface area contributed by atoms with E-state index in [0.717, 1.165) is 12.5 Å². The van der Waals surface area contributed by atoms with Gasteiger partial charge in [0.25, 0.3) is 0 Å². The van der Waals surface area contributed by atoms with E-state index in [1.807, 2.05) is 0 Å². The third-order valence-electron chi connectivity index (χ3n) is 4.74. The van der Waals surface area contributed by atoms with Crippen molar-refractivity contribution in [2.45, 2.75) is 77.7 Å². The molecule has 0 saturated carbocycles. The van der Waals surface area contributed by atoms with Crippen molar-refractivity contribution < 1.29 is 4.74 Å². The van der Waals surface area contributed by atoms with E-state index in [-0.39, 0.29) is 0 Å². The van der Waals surface area contributed by atoms with Gasteiger partial charge in [0.05, 0.1) is 12.7 Å². The summed E-state index contributed by atoms with van der Waals surface area (Å²) in [5, 5.41) is 0. The fraction of sp³-hybridized carbons (Fsp3) is 0.700. The third kappa shape index (κ3) is 5.47. The molecule has 1 aromatic carbocycles. The summed E-state index contributed by atoms with van der Waals surface area (Å²) in [5.74, 6) is 0.795. The van der Waals surface area contributed by atoms with Crippen molar-refractivity contribution in [3.8, 4) is 0 Å². The molecule has 2 unspecified atom stereocenters. The zero-order valence-corrected chi connectivity index (χ0v) is 13.9. The lowest BCUT2D eigenvalue weighted by Crippen LogP contribution is -2.20. The standard InChI is InChI=1S/C20H32O/c1-3-5-6-7-9-17-10-13-19(14-11-17)20-15-12-18(8-4-2)16-21-20/h10-11,13-14,18,20H,3-9,12,15-16H2,1-2H3. The maximum Gasteiger partial charge on any atom is 0.0825 e. The van der Waals surface area contributed by atoms with Gasteiger partial charge < -0.3 is 4.74 Å². The van der Waals surface area contributed by atoms with E-state index in [1.165, 1.54) is 68.9 Å². The summed E-state index contributed by atoms with van der Waals surface area (Å²) in [4.78, 5) is 0. The second kappa shape index (κ2) is 9.25. The summed E-state index contributed by atoms with van der Waals surface area (Å²) in [5.41, 5.74) is 2.86. The fourth-order valence-electron chi connectivity index (χ4n) is 3.36. The normalized spacial score (nSPS) is 22.4. The van der Waals surface area contributed by atoms with E-state index in [1.54, 1.807) is 0 Å². The van der Waals surface area contributed by atoms with Crippen molar-refractivity contribution in [3.63, 3.8) is 0 Å². The second-order valence-corrected chi connectivity index (χ2v) is 6.61. The first-order valence-electron chi connectivity index (χ1n) is 9.04. The number of unbranched alkanes of at least 4 members (excludes halogenated alkanes) is 3. The van der Waals surface area contributed by atoms with Gasteiger partial charge in [-0.3, -0.25) is 0 Å². The van der Waals surface area contributed by atoms with Crippen LogP contribution in [0.3, 0.4) is 0 Å². The van der Waals surface area contributed by atoms with Crippen LogP contribution in [0.25, 0.3) is 0 Å². The minimum Gasteiger partial charge on any atom is -0.373 e. The van der Waals surface area contributed by atoms with Crippen LogP contribution in [-0.2, 0) is 11.2 Å². The molecule has 1 heteroatoms. The van der Waals surface area contributed by atoms with E-state index in [9.17, 15) is 0 Å². The lowest BCUT2D eigenvalue weighted by Gasteiger charge is -2.29. The van der Waals surface area contributed by atoms with Crippen molar-refractivity contribution in [1.82, 2.24) is 0 Å². The highest BCUT2D eigenvalue weighted by Crippen LogP contribution is 2.32. The average Bonchev–Trinajstić information content (AvgIpc) is 2.53. The molecule has 1 fully saturated rings. The Labute approximate surface area is 131 Å². The maximum absolute atomic E-state index is 6.08. The number of aryl methyl sites for hydroxylation is 1. The minimum absolute atomic E-state index is 0.340. The molecule has 21 heavy (non-hydrogen) atoms. The van der Waals surface area contributed by atoms with Gasteiger partial charge in [-0.1, -0.05) is 63.8 Å². The lowest BCUT2D eigenvalue weighted by molar-refractivity contribution is -0.0194. The Bertz CT molecular complexity index is 373. The molecule has 1 nitrogen and oxygen atoms in total. The highest BCUT2D eigenvalue weighted by molar-refractivity contribution is 5.24. The largest absolute Gasteiger partial charge is 0.373 e. The Morgan fingerprint density at radius 3 is 2.38 bits per heavy atom. The van der Waals surface area contributed by atoms with Crippen LogP contribution >= 0.6 is 0 Å². The zero-order chi connectivity index (χ0) is 14.9. The van der Waals surface area contributed by atoms with Gasteiger partial charge in [-0.05, 0) is 49.1 Å². The molecule has 0 radical (unpaired) electrons. The molecule has 118 valence electrons. The Balaban J connectivity index is 1.77. The third-order valence-corrected chi connectivity index (χ3v) is 4.74. The summed E-state index contributed by atoms with van der Waals surface area (Å²) >= 11 is 0. The van der Waals surface area contributed by atoms with Crippen LogP contribution < -0.4 is 0 Å². The molecular formula is C20H32O. The van der Waals surface area contributed by atoms with Crippen molar-refractivity contribution >= 4 is 0 Å². The molecule has 0 spiro atoms. The molecule has 0 N–H and O–H groups in total. The van der Waals surface area contributed by atoms with Gasteiger partial charge in [-0.2, -0.15) is 0 Å². The van der Waals surface area contributed by atoms with E-state index in [2.05, 4.69) is 38.1 Å². The van der Waals surface area contributed by atoms with Gasteiger partial charge in [-0.15, -0.1) is 0 Å². The summed E-state index contributed by atoms with van der Waals surface area (Å²) in [6.45, 7) is 5.49. The van der Waals surface area contributed by atoms with Gasteiger partial charge in [0, 0.05) is 0 Å². The Hall–Kier alpha value is -0.820. The molecule has 0 amide bonds. The SMILES string of the molecule is CCCCCCc1ccc(C2CCC(CCC)CO2)cc1. The molecule has 1 saturated heterocycles. The molecule has 2 atom stereocenters. The summed E-state index contributed by atoms with van der Waals surface area (Å²) in [6.07, 6.45) is 12.1. The Morgan fingerprint density at radius 2 is 1.76 bits per heavy atom. The van der Waals surface area contributed by atoms with Gasteiger partial charge in [0.2, 0.25) is 0 Å². The molecule has 0 bridgehead atoms.